The number of rotatable bonds is 9. The highest BCUT2D eigenvalue weighted by Gasteiger charge is 2.40. The standard InChI is InChI=1S/C28H30N4O4/c29-27(33)16-25(31-28(34)15-19-6-3-5-18-4-1-2-7-22(18)19)21-10-11-23(26(14-21)32(35)36)30-24-13-17-8-9-20(24)12-17/h1-7,10-11,14,17,20,24-25,30H,8-9,12-13,15-16H2,(H2,29,33)(H,31,34). The summed E-state index contributed by atoms with van der Waals surface area (Å²) >= 11 is 0. The van der Waals surface area contributed by atoms with Gasteiger partial charge in [0.05, 0.1) is 23.8 Å². The Morgan fingerprint density at radius 1 is 1.06 bits per heavy atom. The van der Waals surface area contributed by atoms with E-state index in [0.717, 1.165) is 29.2 Å². The summed E-state index contributed by atoms with van der Waals surface area (Å²) in [6.07, 6.45) is 4.60. The molecular weight excluding hydrogens is 456 g/mol. The Hall–Kier alpha value is -3.94. The summed E-state index contributed by atoms with van der Waals surface area (Å²) in [5, 5.41) is 20.2. The highest BCUT2D eigenvalue weighted by molar-refractivity contribution is 5.90. The van der Waals surface area contributed by atoms with Crippen molar-refractivity contribution in [3.63, 3.8) is 0 Å². The van der Waals surface area contributed by atoms with Crippen LogP contribution in [-0.4, -0.2) is 22.8 Å². The largest absolute Gasteiger partial charge is 0.376 e. The predicted molar refractivity (Wildman–Crippen MR) is 138 cm³/mol. The van der Waals surface area contributed by atoms with Crippen LogP contribution in [0.4, 0.5) is 11.4 Å². The van der Waals surface area contributed by atoms with Gasteiger partial charge in [-0.25, -0.2) is 0 Å². The van der Waals surface area contributed by atoms with Crippen LogP contribution in [0.25, 0.3) is 10.8 Å². The van der Waals surface area contributed by atoms with Crippen molar-refractivity contribution in [1.82, 2.24) is 5.32 Å². The fraction of sp³-hybridized carbons (Fsp3) is 0.357. The molecule has 186 valence electrons. The smallest absolute Gasteiger partial charge is 0.292 e. The molecule has 0 spiro atoms. The summed E-state index contributed by atoms with van der Waals surface area (Å²) < 4.78 is 0. The summed E-state index contributed by atoms with van der Waals surface area (Å²) in [6, 6.07) is 17.9. The minimum atomic E-state index is -0.764. The summed E-state index contributed by atoms with van der Waals surface area (Å²) in [5.74, 6) is 0.384. The van der Waals surface area contributed by atoms with Gasteiger partial charge in [-0.1, -0.05) is 55.0 Å². The van der Waals surface area contributed by atoms with Crippen LogP contribution in [0.3, 0.4) is 0 Å². The van der Waals surface area contributed by atoms with Gasteiger partial charge in [0.15, 0.2) is 0 Å². The van der Waals surface area contributed by atoms with Crippen LogP contribution in [0, 0.1) is 22.0 Å². The van der Waals surface area contributed by atoms with Crippen molar-refractivity contribution in [2.45, 2.75) is 50.6 Å². The van der Waals surface area contributed by atoms with Gasteiger partial charge < -0.3 is 16.4 Å². The number of carbonyl (C=O) groups excluding carboxylic acids is 2. The second kappa shape index (κ2) is 9.97. The quantitative estimate of drug-likeness (QED) is 0.300. The summed E-state index contributed by atoms with van der Waals surface area (Å²) in [5.41, 5.74) is 7.22. The number of nitrogens with zero attached hydrogens (tertiary/aromatic N) is 1. The van der Waals surface area contributed by atoms with E-state index in [0.29, 0.717) is 23.1 Å². The van der Waals surface area contributed by atoms with Crippen molar-refractivity contribution in [2.24, 2.45) is 17.6 Å². The summed E-state index contributed by atoms with van der Waals surface area (Å²) in [4.78, 5) is 36.3. The highest BCUT2D eigenvalue weighted by Crippen LogP contribution is 2.46. The third-order valence-corrected chi connectivity index (χ3v) is 7.67. The monoisotopic (exact) mass is 486 g/mol. The average molecular weight is 487 g/mol. The summed E-state index contributed by atoms with van der Waals surface area (Å²) in [6.45, 7) is 0. The maximum atomic E-state index is 13.0. The normalized spacial score (nSPS) is 21.3. The molecule has 0 radical (unpaired) electrons. The van der Waals surface area contributed by atoms with Crippen molar-refractivity contribution in [3.8, 4) is 0 Å². The Bertz CT molecular complexity index is 1320. The van der Waals surface area contributed by atoms with Crippen LogP contribution in [0.1, 0.15) is 49.3 Å². The Morgan fingerprint density at radius 2 is 1.86 bits per heavy atom. The molecule has 4 unspecified atom stereocenters. The van der Waals surface area contributed by atoms with Crippen molar-refractivity contribution in [3.05, 3.63) is 81.9 Å². The van der Waals surface area contributed by atoms with Gasteiger partial charge in [0.1, 0.15) is 5.69 Å². The van der Waals surface area contributed by atoms with Gasteiger partial charge in [0.2, 0.25) is 11.8 Å². The lowest BCUT2D eigenvalue weighted by molar-refractivity contribution is -0.384. The highest BCUT2D eigenvalue weighted by atomic mass is 16.6. The number of nitro groups is 1. The van der Waals surface area contributed by atoms with E-state index < -0.39 is 16.9 Å². The first kappa shape index (κ1) is 23.8. The van der Waals surface area contributed by atoms with Crippen molar-refractivity contribution >= 4 is 34.0 Å². The molecule has 8 heteroatoms. The van der Waals surface area contributed by atoms with Gasteiger partial charge in [0, 0.05) is 12.1 Å². The number of anilines is 1. The van der Waals surface area contributed by atoms with Gasteiger partial charge in [-0.2, -0.15) is 0 Å². The first-order valence-electron chi connectivity index (χ1n) is 12.5. The lowest BCUT2D eigenvalue weighted by Crippen LogP contribution is -2.33. The van der Waals surface area contributed by atoms with Crippen LogP contribution in [0.15, 0.2) is 60.7 Å². The number of nitro benzene ring substituents is 1. The van der Waals surface area contributed by atoms with Gasteiger partial charge in [-0.3, -0.25) is 19.7 Å². The number of amides is 2. The number of nitrogens with two attached hydrogens (primary N) is 1. The SMILES string of the molecule is NC(=O)CC(NC(=O)Cc1cccc2ccccc12)c1ccc(NC2CC3CCC2C3)c([N+](=O)[O-])c1. The van der Waals surface area contributed by atoms with Crippen LogP contribution in [-0.2, 0) is 16.0 Å². The number of primary amides is 1. The Labute approximate surface area is 209 Å². The molecule has 5 rings (SSSR count). The Kier molecular flexibility index (Phi) is 6.59. The molecule has 2 fully saturated rings. The zero-order valence-electron chi connectivity index (χ0n) is 20.0. The third kappa shape index (κ3) is 5.03. The maximum Gasteiger partial charge on any atom is 0.292 e. The topological polar surface area (TPSA) is 127 Å². The molecule has 0 aromatic heterocycles. The lowest BCUT2D eigenvalue weighted by Gasteiger charge is -2.24. The minimum Gasteiger partial charge on any atom is -0.376 e. The number of nitrogens with one attached hydrogen (secondary N) is 2. The van der Waals surface area contributed by atoms with Crippen LogP contribution in [0.5, 0.6) is 0 Å². The van der Waals surface area contributed by atoms with E-state index in [1.165, 1.54) is 18.9 Å². The van der Waals surface area contributed by atoms with E-state index in [4.69, 9.17) is 5.73 Å². The molecule has 2 aliphatic rings. The number of carbonyl (C=O) groups is 2. The second-order valence-electron chi connectivity index (χ2n) is 10.1. The Balaban J connectivity index is 1.36. The predicted octanol–water partition coefficient (Wildman–Crippen LogP) is 4.62. The molecule has 36 heavy (non-hydrogen) atoms. The van der Waals surface area contributed by atoms with Crippen molar-refractivity contribution < 1.29 is 14.5 Å². The van der Waals surface area contributed by atoms with Crippen LogP contribution < -0.4 is 16.4 Å². The molecule has 2 aliphatic carbocycles. The average Bonchev–Trinajstić information content (AvgIpc) is 3.47. The van der Waals surface area contributed by atoms with E-state index in [1.807, 2.05) is 42.5 Å². The first-order chi connectivity index (χ1) is 17.4. The molecule has 0 aliphatic heterocycles. The zero-order valence-corrected chi connectivity index (χ0v) is 20.0. The van der Waals surface area contributed by atoms with E-state index in [-0.39, 0.29) is 30.5 Å². The van der Waals surface area contributed by atoms with Gasteiger partial charge in [0.25, 0.3) is 5.69 Å². The fourth-order valence-corrected chi connectivity index (χ4v) is 5.98. The van der Waals surface area contributed by atoms with E-state index in [2.05, 4.69) is 10.6 Å². The maximum absolute atomic E-state index is 13.0. The molecule has 8 nitrogen and oxygen atoms in total. The molecule has 4 N–H and O–H groups in total. The van der Waals surface area contributed by atoms with Gasteiger partial charge in [-0.15, -0.1) is 0 Å². The van der Waals surface area contributed by atoms with E-state index >= 15 is 0 Å². The van der Waals surface area contributed by atoms with E-state index in [9.17, 15) is 19.7 Å². The molecule has 0 saturated heterocycles. The number of fused-ring (bicyclic) bond motifs is 3. The Morgan fingerprint density at radius 3 is 2.58 bits per heavy atom. The zero-order chi connectivity index (χ0) is 25.2. The van der Waals surface area contributed by atoms with Crippen molar-refractivity contribution in [2.75, 3.05) is 5.32 Å². The second-order valence-corrected chi connectivity index (χ2v) is 10.1. The van der Waals surface area contributed by atoms with Crippen LogP contribution in [0.2, 0.25) is 0 Å². The molecule has 4 atom stereocenters. The van der Waals surface area contributed by atoms with E-state index in [1.54, 1.807) is 12.1 Å². The molecule has 2 amide bonds. The third-order valence-electron chi connectivity index (χ3n) is 7.67. The van der Waals surface area contributed by atoms with Crippen molar-refractivity contribution in [1.29, 1.82) is 0 Å². The van der Waals surface area contributed by atoms with Crippen LogP contribution >= 0.6 is 0 Å². The molecule has 3 aromatic rings. The summed E-state index contributed by atoms with van der Waals surface area (Å²) in [7, 11) is 0. The number of benzene rings is 3. The first-order valence-corrected chi connectivity index (χ1v) is 12.5. The lowest BCUT2D eigenvalue weighted by atomic mass is 9.94. The molecule has 2 saturated carbocycles. The molecular formula is C28H30N4O4. The van der Waals surface area contributed by atoms with Gasteiger partial charge in [-0.05, 0) is 59.1 Å². The number of hydrogen-bond acceptors (Lipinski definition) is 5. The van der Waals surface area contributed by atoms with Gasteiger partial charge >= 0.3 is 0 Å². The number of hydrogen-bond donors (Lipinski definition) is 3. The molecule has 2 bridgehead atoms. The molecule has 0 heterocycles. The fourth-order valence-electron chi connectivity index (χ4n) is 5.98. The molecule has 3 aromatic carbocycles. The minimum absolute atomic E-state index is 0.0620.